The molecule has 6 heteroatoms. The van der Waals surface area contributed by atoms with Crippen LogP contribution in [0, 0.1) is 5.82 Å². The number of benzene rings is 2. The van der Waals surface area contributed by atoms with Gasteiger partial charge in [0, 0.05) is 31.4 Å². The van der Waals surface area contributed by atoms with E-state index in [-0.39, 0.29) is 22.9 Å². The first-order valence-electron chi connectivity index (χ1n) is 9.05. The zero-order valence-electron chi connectivity index (χ0n) is 14.8. The predicted octanol–water partition coefficient (Wildman–Crippen LogP) is 4.01. The summed E-state index contributed by atoms with van der Waals surface area (Å²) in [5.41, 5.74) is 2.63. The summed E-state index contributed by atoms with van der Waals surface area (Å²) in [4.78, 5) is 14.8. The Bertz CT molecular complexity index is 948. The van der Waals surface area contributed by atoms with Crippen molar-refractivity contribution in [3.05, 3.63) is 71.7 Å². The van der Waals surface area contributed by atoms with Gasteiger partial charge in [0.2, 0.25) is 0 Å². The predicted molar refractivity (Wildman–Crippen MR) is 101 cm³/mol. The van der Waals surface area contributed by atoms with Gasteiger partial charge >= 0.3 is 0 Å². The largest absolute Gasteiger partial charge is 0.371 e. The molecule has 27 heavy (non-hydrogen) atoms. The first kappa shape index (κ1) is 17.3. The Morgan fingerprint density at radius 1 is 1.11 bits per heavy atom. The zero-order chi connectivity index (χ0) is 18.6. The van der Waals surface area contributed by atoms with Crippen molar-refractivity contribution in [3.63, 3.8) is 0 Å². The van der Waals surface area contributed by atoms with Crippen molar-refractivity contribution in [3.8, 4) is 11.3 Å². The minimum absolute atomic E-state index is 0.131. The fraction of sp³-hybridized carbons (Fsp3) is 0.238. The number of nitrogens with one attached hydrogen (secondary N) is 1. The molecule has 2 aromatic carbocycles. The quantitative estimate of drug-likeness (QED) is 0.742. The lowest BCUT2D eigenvalue weighted by atomic mass is 10.1. The van der Waals surface area contributed by atoms with Crippen LogP contribution in [0.15, 0.2) is 59.1 Å². The van der Waals surface area contributed by atoms with Crippen LogP contribution >= 0.6 is 0 Å². The molecule has 138 valence electrons. The smallest absolute Gasteiger partial charge is 0.273 e. The van der Waals surface area contributed by atoms with E-state index in [0.29, 0.717) is 6.54 Å². The van der Waals surface area contributed by atoms with E-state index in [1.54, 1.807) is 18.2 Å². The Morgan fingerprint density at radius 3 is 2.67 bits per heavy atom. The number of hydrogen-bond donors (Lipinski definition) is 1. The third-order valence-electron chi connectivity index (χ3n) is 4.76. The summed E-state index contributed by atoms with van der Waals surface area (Å²) in [5, 5.41) is 6.66. The highest BCUT2D eigenvalue weighted by atomic mass is 19.1. The third kappa shape index (κ3) is 3.69. The van der Waals surface area contributed by atoms with Crippen LogP contribution in [-0.2, 0) is 6.54 Å². The monoisotopic (exact) mass is 365 g/mol. The number of carbonyl (C=O) groups excluding carboxylic acids is 1. The maximum Gasteiger partial charge on any atom is 0.273 e. The van der Waals surface area contributed by atoms with Crippen LogP contribution in [0.1, 0.15) is 28.9 Å². The van der Waals surface area contributed by atoms with Gasteiger partial charge in [0.15, 0.2) is 11.5 Å². The van der Waals surface area contributed by atoms with Crippen LogP contribution in [0.2, 0.25) is 0 Å². The lowest BCUT2D eigenvalue weighted by Crippen LogP contribution is -2.25. The van der Waals surface area contributed by atoms with E-state index in [2.05, 4.69) is 21.4 Å². The maximum absolute atomic E-state index is 13.9. The molecule has 5 nitrogen and oxygen atoms in total. The molecule has 1 fully saturated rings. The van der Waals surface area contributed by atoms with Crippen molar-refractivity contribution < 1.29 is 13.7 Å². The summed E-state index contributed by atoms with van der Waals surface area (Å²) in [6.45, 7) is 2.48. The Morgan fingerprint density at radius 2 is 1.85 bits per heavy atom. The molecule has 0 aliphatic carbocycles. The van der Waals surface area contributed by atoms with E-state index in [4.69, 9.17) is 4.52 Å². The maximum atomic E-state index is 13.9. The fourth-order valence-corrected chi connectivity index (χ4v) is 3.36. The van der Waals surface area contributed by atoms with Crippen LogP contribution in [0.4, 0.5) is 10.1 Å². The summed E-state index contributed by atoms with van der Waals surface area (Å²) in [7, 11) is 0. The molecule has 1 aliphatic rings. The van der Waals surface area contributed by atoms with E-state index in [0.717, 1.165) is 24.3 Å². The second-order valence-corrected chi connectivity index (χ2v) is 6.56. The van der Waals surface area contributed by atoms with Crippen molar-refractivity contribution in [1.29, 1.82) is 0 Å². The highest BCUT2D eigenvalue weighted by Crippen LogP contribution is 2.25. The second-order valence-electron chi connectivity index (χ2n) is 6.56. The Hall–Kier alpha value is -3.15. The van der Waals surface area contributed by atoms with E-state index in [1.165, 1.54) is 25.0 Å². The van der Waals surface area contributed by atoms with Gasteiger partial charge in [0.1, 0.15) is 5.82 Å². The number of para-hydroxylation sites is 1. The van der Waals surface area contributed by atoms with Crippen LogP contribution in [0.3, 0.4) is 0 Å². The average molecular weight is 365 g/mol. The summed E-state index contributed by atoms with van der Waals surface area (Å²) >= 11 is 0. The van der Waals surface area contributed by atoms with Gasteiger partial charge in [0.25, 0.3) is 5.91 Å². The molecule has 0 saturated carbocycles. The molecule has 3 aromatic rings. The first-order valence-corrected chi connectivity index (χ1v) is 9.05. The van der Waals surface area contributed by atoms with Gasteiger partial charge in [0.05, 0.1) is 5.56 Å². The molecule has 0 unspecified atom stereocenters. The van der Waals surface area contributed by atoms with E-state index >= 15 is 0 Å². The molecule has 2 heterocycles. The van der Waals surface area contributed by atoms with Crippen LogP contribution in [0.5, 0.6) is 0 Å². The number of aromatic nitrogens is 1. The number of amides is 1. The van der Waals surface area contributed by atoms with Crippen LogP contribution in [-0.4, -0.2) is 24.2 Å². The molecule has 1 amide bonds. The van der Waals surface area contributed by atoms with E-state index in [1.807, 2.05) is 18.2 Å². The standard InChI is InChI=1S/C21H20FN3O2/c22-17-9-3-2-8-16(17)20-13-18(24-27-20)21(26)23-14-15-7-1-4-10-19(15)25-11-5-6-12-25/h1-4,7-10,13H,5-6,11-12,14H2,(H,23,26). The van der Waals surface area contributed by atoms with Gasteiger partial charge in [-0.1, -0.05) is 35.5 Å². The first-order chi connectivity index (χ1) is 13.2. The van der Waals surface area contributed by atoms with E-state index < -0.39 is 5.82 Å². The van der Waals surface area contributed by atoms with Crippen LogP contribution in [0.25, 0.3) is 11.3 Å². The van der Waals surface area contributed by atoms with Gasteiger partial charge in [-0.25, -0.2) is 4.39 Å². The van der Waals surface area contributed by atoms with Gasteiger partial charge in [-0.05, 0) is 36.6 Å². The molecule has 1 aliphatic heterocycles. The molecule has 0 spiro atoms. The lowest BCUT2D eigenvalue weighted by molar-refractivity contribution is 0.0942. The minimum Gasteiger partial charge on any atom is -0.371 e. The van der Waals surface area contributed by atoms with Gasteiger partial charge in [-0.15, -0.1) is 0 Å². The average Bonchev–Trinajstić information content (AvgIpc) is 3.39. The lowest BCUT2D eigenvalue weighted by Gasteiger charge is -2.21. The fourth-order valence-electron chi connectivity index (χ4n) is 3.36. The highest BCUT2D eigenvalue weighted by molar-refractivity contribution is 5.93. The number of nitrogens with zero attached hydrogens (tertiary/aromatic N) is 2. The van der Waals surface area contributed by atoms with Crippen molar-refractivity contribution in [2.24, 2.45) is 0 Å². The van der Waals surface area contributed by atoms with Gasteiger partial charge in [-0.3, -0.25) is 4.79 Å². The minimum atomic E-state index is -0.417. The number of hydrogen-bond acceptors (Lipinski definition) is 4. The van der Waals surface area contributed by atoms with Crippen molar-refractivity contribution >= 4 is 11.6 Å². The summed E-state index contributed by atoms with van der Waals surface area (Å²) in [5.74, 6) is -0.534. The summed E-state index contributed by atoms with van der Waals surface area (Å²) in [6.07, 6.45) is 2.39. The normalized spacial score (nSPS) is 13.7. The molecular formula is C21H20FN3O2. The topological polar surface area (TPSA) is 58.4 Å². The molecule has 0 radical (unpaired) electrons. The molecule has 4 rings (SSSR count). The number of carbonyl (C=O) groups is 1. The Kier molecular flexibility index (Phi) is 4.87. The third-order valence-corrected chi connectivity index (χ3v) is 4.76. The molecule has 0 bridgehead atoms. The number of anilines is 1. The number of halogens is 1. The van der Waals surface area contributed by atoms with E-state index in [9.17, 15) is 9.18 Å². The van der Waals surface area contributed by atoms with Crippen molar-refractivity contribution in [1.82, 2.24) is 10.5 Å². The SMILES string of the molecule is O=C(NCc1ccccc1N1CCCC1)c1cc(-c2ccccc2F)on1. The molecule has 0 atom stereocenters. The molecular weight excluding hydrogens is 345 g/mol. The molecule has 1 aromatic heterocycles. The molecule has 1 saturated heterocycles. The number of rotatable bonds is 5. The second kappa shape index (κ2) is 7.61. The van der Waals surface area contributed by atoms with Crippen molar-refractivity contribution in [2.75, 3.05) is 18.0 Å². The van der Waals surface area contributed by atoms with Crippen molar-refractivity contribution in [2.45, 2.75) is 19.4 Å². The Labute approximate surface area is 156 Å². The summed E-state index contributed by atoms with van der Waals surface area (Å²) in [6, 6.07) is 15.8. The van der Waals surface area contributed by atoms with Crippen LogP contribution < -0.4 is 10.2 Å². The zero-order valence-corrected chi connectivity index (χ0v) is 14.8. The Balaban J connectivity index is 1.46. The highest BCUT2D eigenvalue weighted by Gasteiger charge is 2.18. The summed E-state index contributed by atoms with van der Waals surface area (Å²) < 4.78 is 19.0. The van der Waals surface area contributed by atoms with Gasteiger partial charge in [-0.2, -0.15) is 0 Å². The van der Waals surface area contributed by atoms with Gasteiger partial charge < -0.3 is 14.7 Å². The molecule has 1 N–H and O–H groups in total.